The van der Waals surface area contributed by atoms with E-state index in [1.54, 1.807) is 7.11 Å². The topological polar surface area (TPSA) is 18.5 Å². The van der Waals surface area contributed by atoms with Crippen LogP contribution < -0.4 is 0 Å². The predicted octanol–water partition coefficient (Wildman–Crippen LogP) is 4.85. The largest absolute Gasteiger partial charge is 0.493 e. The summed E-state index contributed by atoms with van der Waals surface area (Å²) in [6.07, 6.45) is 1.81. The molecule has 2 nitrogen and oxygen atoms in total. The van der Waals surface area contributed by atoms with Crippen LogP contribution >= 0.6 is 0 Å². The Hall–Kier alpha value is -1.96. The monoisotopic (exact) mass is 260 g/mol. The average molecular weight is 260 g/mol. The van der Waals surface area contributed by atoms with E-state index in [4.69, 9.17) is 9.47 Å². The number of allylic oxidation sites excluding steroid dienone is 2. The van der Waals surface area contributed by atoms with Crippen molar-refractivity contribution in [2.24, 2.45) is 0 Å². The first-order valence-electron chi connectivity index (χ1n) is 6.40. The van der Waals surface area contributed by atoms with Crippen molar-refractivity contribution in [3.05, 3.63) is 72.2 Å². The molecule has 0 unspecified atom stereocenters. The maximum atomic E-state index is 5.67. The average Bonchev–Trinajstić information content (AvgIpc) is 2.45. The van der Waals surface area contributed by atoms with Crippen LogP contribution in [0.3, 0.4) is 0 Å². The second kappa shape index (κ2) is 10.0. The smallest absolute Gasteiger partial charge is 0.161 e. The van der Waals surface area contributed by atoms with Gasteiger partial charge in [0.15, 0.2) is 11.5 Å². The Morgan fingerprint density at radius 3 is 2.21 bits per heavy atom. The van der Waals surface area contributed by atoms with E-state index in [-0.39, 0.29) is 0 Å². The highest BCUT2D eigenvalue weighted by atomic mass is 16.5. The molecule has 1 rings (SSSR count). The van der Waals surface area contributed by atoms with Gasteiger partial charge in [-0.2, -0.15) is 0 Å². The Morgan fingerprint density at radius 2 is 1.74 bits per heavy atom. The lowest BCUT2D eigenvalue weighted by Gasteiger charge is -2.12. The number of methoxy groups -OCH3 is 1. The summed E-state index contributed by atoms with van der Waals surface area (Å²) in [6.45, 7) is 14.0. The molecule has 0 aliphatic carbocycles. The van der Waals surface area contributed by atoms with Gasteiger partial charge in [0.1, 0.15) is 6.61 Å². The predicted molar refractivity (Wildman–Crippen MR) is 81.6 cm³/mol. The highest BCUT2D eigenvalue weighted by Crippen LogP contribution is 2.15. The van der Waals surface area contributed by atoms with Crippen LogP contribution in [-0.4, -0.2) is 7.11 Å². The van der Waals surface area contributed by atoms with Crippen molar-refractivity contribution in [3.8, 4) is 0 Å². The minimum atomic E-state index is 0.488. The van der Waals surface area contributed by atoms with Crippen LogP contribution in [0, 0.1) is 0 Å². The Kier molecular flexibility index (Phi) is 8.98. The first-order chi connectivity index (χ1) is 9.13. The third-order valence-corrected chi connectivity index (χ3v) is 2.14. The zero-order chi connectivity index (χ0) is 14.7. The minimum absolute atomic E-state index is 0.488. The lowest BCUT2D eigenvalue weighted by molar-refractivity contribution is 0.167. The molecule has 0 fully saturated rings. The SMILES string of the molecule is C=C(C)/C=C(/OCc1ccccc1)C(=C)OC.CC. The lowest BCUT2D eigenvalue weighted by Crippen LogP contribution is -1.98. The molecule has 0 saturated heterocycles. The summed E-state index contributed by atoms with van der Waals surface area (Å²) >= 11 is 0. The standard InChI is InChI=1S/C15H18O2.C2H6/c1-12(2)10-15(13(3)16-4)17-11-14-8-6-5-7-9-14;1-2/h5-10H,1,3,11H2,2,4H3;1-2H3/b15-10+;. The third kappa shape index (κ3) is 7.14. The zero-order valence-corrected chi connectivity index (χ0v) is 12.4. The number of benzene rings is 1. The van der Waals surface area contributed by atoms with E-state index < -0.39 is 0 Å². The van der Waals surface area contributed by atoms with E-state index in [1.807, 2.05) is 57.2 Å². The van der Waals surface area contributed by atoms with Gasteiger partial charge in [0.25, 0.3) is 0 Å². The lowest BCUT2D eigenvalue weighted by atomic mass is 10.2. The van der Waals surface area contributed by atoms with Gasteiger partial charge in [0, 0.05) is 0 Å². The summed E-state index contributed by atoms with van der Waals surface area (Å²) in [7, 11) is 1.57. The maximum absolute atomic E-state index is 5.67. The molecule has 0 aliphatic heterocycles. The quantitative estimate of drug-likeness (QED) is 0.537. The fraction of sp³-hybridized carbons (Fsp3) is 0.294. The molecular formula is C17H24O2. The molecule has 1 aromatic rings. The van der Waals surface area contributed by atoms with E-state index in [2.05, 4.69) is 13.2 Å². The van der Waals surface area contributed by atoms with Crippen molar-refractivity contribution in [2.75, 3.05) is 7.11 Å². The van der Waals surface area contributed by atoms with Crippen molar-refractivity contribution in [3.63, 3.8) is 0 Å². The van der Waals surface area contributed by atoms with Crippen LogP contribution in [0.1, 0.15) is 26.3 Å². The summed E-state index contributed by atoms with van der Waals surface area (Å²) in [6, 6.07) is 9.95. The van der Waals surface area contributed by atoms with Gasteiger partial charge in [0.05, 0.1) is 7.11 Å². The third-order valence-electron chi connectivity index (χ3n) is 2.14. The van der Waals surface area contributed by atoms with Gasteiger partial charge in [-0.05, 0) is 18.6 Å². The van der Waals surface area contributed by atoms with Crippen molar-refractivity contribution in [2.45, 2.75) is 27.4 Å². The van der Waals surface area contributed by atoms with Gasteiger partial charge in [-0.15, -0.1) is 0 Å². The Labute approximate surface area is 117 Å². The van der Waals surface area contributed by atoms with Gasteiger partial charge >= 0.3 is 0 Å². The fourth-order valence-electron chi connectivity index (χ4n) is 1.26. The molecule has 0 radical (unpaired) electrons. The summed E-state index contributed by atoms with van der Waals surface area (Å²) in [5.41, 5.74) is 2.00. The number of rotatable bonds is 6. The van der Waals surface area contributed by atoms with Crippen molar-refractivity contribution in [1.82, 2.24) is 0 Å². The van der Waals surface area contributed by atoms with Crippen LogP contribution in [0.5, 0.6) is 0 Å². The first kappa shape index (κ1) is 17.0. The molecule has 0 saturated carbocycles. The minimum Gasteiger partial charge on any atom is -0.493 e. The maximum Gasteiger partial charge on any atom is 0.161 e. The molecule has 0 bridgehead atoms. The van der Waals surface area contributed by atoms with Gasteiger partial charge in [-0.3, -0.25) is 0 Å². The second-order valence-corrected chi connectivity index (χ2v) is 3.76. The van der Waals surface area contributed by atoms with Crippen LogP contribution in [0.15, 0.2) is 66.7 Å². The van der Waals surface area contributed by atoms with Crippen LogP contribution in [-0.2, 0) is 16.1 Å². The van der Waals surface area contributed by atoms with E-state index in [1.165, 1.54) is 0 Å². The van der Waals surface area contributed by atoms with Gasteiger partial charge in [0.2, 0.25) is 0 Å². The number of ether oxygens (including phenoxy) is 2. The molecule has 0 aliphatic rings. The van der Waals surface area contributed by atoms with E-state index in [0.29, 0.717) is 18.1 Å². The Bertz CT molecular complexity index is 416. The van der Waals surface area contributed by atoms with E-state index in [0.717, 1.165) is 11.1 Å². The highest BCUT2D eigenvalue weighted by molar-refractivity contribution is 5.26. The first-order valence-corrected chi connectivity index (χ1v) is 6.40. The number of hydrogen-bond donors (Lipinski definition) is 0. The Balaban J connectivity index is 0.00000154. The molecule has 19 heavy (non-hydrogen) atoms. The molecule has 0 atom stereocenters. The summed E-state index contributed by atoms with van der Waals surface area (Å²) in [5.74, 6) is 1.12. The van der Waals surface area contributed by atoms with Crippen molar-refractivity contribution < 1.29 is 9.47 Å². The molecule has 0 N–H and O–H groups in total. The summed E-state index contributed by atoms with van der Waals surface area (Å²) < 4.78 is 10.7. The molecule has 2 heteroatoms. The highest BCUT2D eigenvalue weighted by Gasteiger charge is 2.04. The van der Waals surface area contributed by atoms with Crippen LogP contribution in [0.4, 0.5) is 0 Å². The molecule has 0 spiro atoms. The van der Waals surface area contributed by atoms with Gasteiger partial charge in [-0.1, -0.05) is 62.9 Å². The van der Waals surface area contributed by atoms with E-state index in [9.17, 15) is 0 Å². The zero-order valence-electron chi connectivity index (χ0n) is 12.4. The Morgan fingerprint density at radius 1 is 1.16 bits per heavy atom. The van der Waals surface area contributed by atoms with Crippen LogP contribution in [0.25, 0.3) is 0 Å². The molecule has 0 amide bonds. The van der Waals surface area contributed by atoms with E-state index >= 15 is 0 Å². The summed E-state index contributed by atoms with van der Waals surface area (Å²) in [4.78, 5) is 0. The molecule has 0 aromatic heterocycles. The molecule has 104 valence electrons. The van der Waals surface area contributed by atoms with Crippen molar-refractivity contribution in [1.29, 1.82) is 0 Å². The summed E-state index contributed by atoms with van der Waals surface area (Å²) in [5, 5.41) is 0. The van der Waals surface area contributed by atoms with Crippen LogP contribution in [0.2, 0.25) is 0 Å². The molecule has 0 heterocycles. The van der Waals surface area contributed by atoms with Gasteiger partial charge in [-0.25, -0.2) is 0 Å². The number of hydrogen-bond acceptors (Lipinski definition) is 2. The van der Waals surface area contributed by atoms with Crippen molar-refractivity contribution >= 4 is 0 Å². The molecular weight excluding hydrogens is 236 g/mol. The normalized spacial score (nSPS) is 10.0. The molecule has 1 aromatic carbocycles. The van der Waals surface area contributed by atoms with Gasteiger partial charge < -0.3 is 9.47 Å². The fourth-order valence-corrected chi connectivity index (χ4v) is 1.26. The second-order valence-electron chi connectivity index (χ2n) is 3.76.